The van der Waals surface area contributed by atoms with E-state index in [1.54, 1.807) is 24.3 Å². The molecule has 2 aromatic rings. The third-order valence-corrected chi connectivity index (χ3v) is 4.26. The van der Waals surface area contributed by atoms with Gasteiger partial charge in [0.2, 0.25) is 0 Å². The lowest BCUT2D eigenvalue weighted by atomic mass is 10.2. The molecule has 0 aliphatic rings. The minimum atomic E-state index is -0.321. The van der Waals surface area contributed by atoms with E-state index in [1.165, 1.54) is 0 Å². The third-order valence-electron chi connectivity index (χ3n) is 2.77. The quantitative estimate of drug-likeness (QED) is 0.681. The molecule has 0 bridgehead atoms. The Balaban J connectivity index is 2.00. The van der Waals surface area contributed by atoms with Crippen molar-refractivity contribution in [1.29, 1.82) is 0 Å². The van der Waals surface area contributed by atoms with E-state index in [9.17, 15) is 4.79 Å². The maximum Gasteiger partial charge on any atom is 0.262 e. The molecule has 0 radical (unpaired) electrons. The van der Waals surface area contributed by atoms with Crippen LogP contribution in [0.3, 0.4) is 0 Å². The largest absolute Gasteiger partial charge is 0.481 e. The second kappa shape index (κ2) is 7.55. The van der Waals surface area contributed by atoms with Gasteiger partial charge >= 0.3 is 0 Å². The van der Waals surface area contributed by atoms with Gasteiger partial charge in [0.15, 0.2) is 12.4 Å². The average Bonchev–Trinajstić information content (AvgIpc) is 2.41. The molecule has 0 aliphatic heterocycles. The summed E-state index contributed by atoms with van der Waals surface area (Å²) in [4.78, 5) is 11.9. The molecule has 0 saturated heterocycles. The summed E-state index contributed by atoms with van der Waals surface area (Å²) in [7, 11) is 0. The number of carbonyl (C=O) groups is 1. The van der Waals surface area contributed by atoms with E-state index in [1.807, 2.05) is 13.0 Å². The molecule has 0 aliphatic carbocycles. The molecular formula is C15H11BrCl3NO2. The fraction of sp³-hybridized carbons (Fsp3) is 0.133. The van der Waals surface area contributed by atoms with Gasteiger partial charge in [0.1, 0.15) is 0 Å². The van der Waals surface area contributed by atoms with Crippen molar-refractivity contribution in [3.8, 4) is 5.75 Å². The average molecular weight is 424 g/mol. The summed E-state index contributed by atoms with van der Waals surface area (Å²) in [6.45, 7) is 1.70. The smallest absolute Gasteiger partial charge is 0.262 e. The summed E-state index contributed by atoms with van der Waals surface area (Å²) in [6.07, 6.45) is 0. The Morgan fingerprint density at radius 1 is 1.18 bits per heavy atom. The first-order valence-corrected chi connectivity index (χ1v) is 8.13. The Morgan fingerprint density at radius 3 is 2.55 bits per heavy atom. The van der Waals surface area contributed by atoms with Gasteiger partial charge in [-0.2, -0.15) is 0 Å². The number of ether oxygens (including phenoxy) is 1. The molecular weight excluding hydrogens is 412 g/mol. The summed E-state index contributed by atoms with van der Waals surface area (Å²) in [5, 5.41) is 4.08. The van der Waals surface area contributed by atoms with Gasteiger partial charge in [-0.15, -0.1) is 0 Å². The Labute approximate surface area is 151 Å². The number of anilines is 1. The molecule has 0 saturated carbocycles. The fourth-order valence-corrected chi connectivity index (χ4v) is 3.22. The van der Waals surface area contributed by atoms with Crippen molar-refractivity contribution < 1.29 is 9.53 Å². The summed E-state index contributed by atoms with van der Waals surface area (Å²) in [6, 6.07) is 8.46. The number of carbonyl (C=O) groups excluding carboxylic acids is 1. The number of aryl methyl sites for hydroxylation is 1. The molecule has 7 heteroatoms. The molecule has 1 amide bonds. The molecule has 2 rings (SSSR count). The van der Waals surface area contributed by atoms with E-state index in [0.29, 0.717) is 31.0 Å². The molecule has 3 nitrogen and oxygen atoms in total. The van der Waals surface area contributed by atoms with Gasteiger partial charge in [-0.1, -0.05) is 40.9 Å². The Hall–Kier alpha value is -0.940. The lowest BCUT2D eigenvalue weighted by molar-refractivity contribution is -0.118. The fourth-order valence-electron chi connectivity index (χ4n) is 1.67. The monoisotopic (exact) mass is 421 g/mol. The van der Waals surface area contributed by atoms with E-state index in [-0.39, 0.29) is 12.5 Å². The standard InChI is InChI=1S/C15H11BrCl3NO2/c1-8-2-3-10(6-12(8)18)20-14(21)7-22-15-11(16)4-9(17)5-13(15)19/h2-6H,7H2,1H3,(H,20,21). The third kappa shape index (κ3) is 4.53. The van der Waals surface area contributed by atoms with Crippen LogP contribution in [0.4, 0.5) is 5.69 Å². The Kier molecular flexibility index (Phi) is 5.98. The maximum absolute atomic E-state index is 11.9. The van der Waals surface area contributed by atoms with E-state index in [0.717, 1.165) is 5.56 Å². The van der Waals surface area contributed by atoms with Crippen LogP contribution in [-0.4, -0.2) is 12.5 Å². The Bertz CT molecular complexity index is 699. The predicted molar refractivity (Wildman–Crippen MR) is 94.5 cm³/mol. The molecule has 0 aromatic heterocycles. The van der Waals surface area contributed by atoms with Crippen molar-refractivity contribution in [2.75, 3.05) is 11.9 Å². The lowest BCUT2D eigenvalue weighted by Gasteiger charge is -2.11. The molecule has 0 fully saturated rings. The van der Waals surface area contributed by atoms with Crippen LogP contribution < -0.4 is 10.1 Å². The van der Waals surface area contributed by atoms with Gasteiger partial charge in [-0.3, -0.25) is 4.79 Å². The zero-order valence-corrected chi connectivity index (χ0v) is 15.3. The number of halogens is 4. The topological polar surface area (TPSA) is 38.3 Å². The van der Waals surface area contributed by atoms with Crippen molar-refractivity contribution in [2.45, 2.75) is 6.92 Å². The maximum atomic E-state index is 11.9. The van der Waals surface area contributed by atoms with Gasteiger partial charge in [-0.25, -0.2) is 0 Å². The van der Waals surface area contributed by atoms with Crippen LogP contribution in [0.2, 0.25) is 15.1 Å². The highest BCUT2D eigenvalue weighted by atomic mass is 79.9. The van der Waals surface area contributed by atoms with Gasteiger partial charge < -0.3 is 10.1 Å². The van der Waals surface area contributed by atoms with Crippen molar-refractivity contribution in [1.82, 2.24) is 0 Å². The van der Waals surface area contributed by atoms with Gasteiger partial charge in [0, 0.05) is 15.7 Å². The molecule has 0 unspecified atom stereocenters. The highest BCUT2D eigenvalue weighted by molar-refractivity contribution is 9.10. The summed E-state index contributed by atoms with van der Waals surface area (Å²) in [5.74, 6) is 0.0426. The van der Waals surface area contributed by atoms with Crippen molar-refractivity contribution in [2.24, 2.45) is 0 Å². The number of rotatable bonds is 4. The molecule has 2 aromatic carbocycles. The van der Waals surface area contributed by atoms with E-state index >= 15 is 0 Å². The number of amides is 1. The number of benzene rings is 2. The highest BCUT2D eigenvalue weighted by Gasteiger charge is 2.11. The molecule has 0 atom stereocenters. The number of hydrogen-bond acceptors (Lipinski definition) is 2. The first kappa shape index (κ1) is 17.4. The van der Waals surface area contributed by atoms with Crippen LogP contribution in [0.5, 0.6) is 5.75 Å². The van der Waals surface area contributed by atoms with E-state index in [4.69, 9.17) is 39.5 Å². The zero-order valence-electron chi connectivity index (χ0n) is 11.4. The minimum Gasteiger partial charge on any atom is -0.481 e. The van der Waals surface area contributed by atoms with Gasteiger partial charge in [0.05, 0.1) is 9.50 Å². The summed E-state index contributed by atoms with van der Waals surface area (Å²) in [5.41, 5.74) is 1.54. The minimum absolute atomic E-state index is 0.189. The summed E-state index contributed by atoms with van der Waals surface area (Å²) < 4.78 is 6.01. The van der Waals surface area contributed by atoms with E-state index in [2.05, 4.69) is 21.2 Å². The number of nitrogens with one attached hydrogen (secondary N) is 1. The van der Waals surface area contributed by atoms with Gasteiger partial charge in [-0.05, 0) is 52.7 Å². The summed E-state index contributed by atoms with van der Waals surface area (Å²) >= 11 is 21.2. The molecule has 0 heterocycles. The van der Waals surface area contributed by atoms with E-state index < -0.39 is 0 Å². The normalized spacial score (nSPS) is 10.4. The van der Waals surface area contributed by atoms with Crippen LogP contribution in [-0.2, 0) is 4.79 Å². The van der Waals surface area contributed by atoms with Crippen LogP contribution in [0, 0.1) is 6.92 Å². The lowest BCUT2D eigenvalue weighted by Crippen LogP contribution is -2.20. The predicted octanol–water partition coefficient (Wildman–Crippen LogP) is 5.74. The first-order valence-electron chi connectivity index (χ1n) is 6.20. The molecule has 22 heavy (non-hydrogen) atoms. The van der Waals surface area contributed by atoms with Crippen molar-refractivity contribution in [3.05, 3.63) is 55.4 Å². The van der Waals surface area contributed by atoms with Crippen molar-refractivity contribution >= 4 is 62.3 Å². The molecule has 1 N–H and O–H groups in total. The van der Waals surface area contributed by atoms with Crippen LogP contribution >= 0.6 is 50.7 Å². The second-order valence-corrected chi connectivity index (χ2v) is 6.60. The second-order valence-electron chi connectivity index (χ2n) is 4.50. The van der Waals surface area contributed by atoms with Crippen LogP contribution in [0.25, 0.3) is 0 Å². The molecule has 0 spiro atoms. The van der Waals surface area contributed by atoms with Crippen LogP contribution in [0.15, 0.2) is 34.8 Å². The van der Waals surface area contributed by atoms with Gasteiger partial charge in [0.25, 0.3) is 5.91 Å². The Morgan fingerprint density at radius 2 is 1.91 bits per heavy atom. The van der Waals surface area contributed by atoms with Crippen LogP contribution in [0.1, 0.15) is 5.56 Å². The van der Waals surface area contributed by atoms with Crippen molar-refractivity contribution in [3.63, 3.8) is 0 Å². The molecule has 116 valence electrons. The first-order chi connectivity index (χ1) is 10.4. The SMILES string of the molecule is Cc1ccc(NC(=O)COc2c(Cl)cc(Cl)cc2Br)cc1Cl. The zero-order chi connectivity index (χ0) is 16.3. The highest BCUT2D eigenvalue weighted by Crippen LogP contribution is 2.36. The number of hydrogen-bond donors (Lipinski definition) is 1.